The molecule has 2 aromatic carbocycles. The summed E-state index contributed by atoms with van der Waals surface area (Å²) in [7, 11) is -3.26. The van der Waals surface area contributed by atoms with E-state index in [1.807, 2.05) is 37.3 Å². The van der Waals surface area contributed by atoms with E-state index in [1.54, 1.807) is 12.1 Å². The van der Waals surface area contributed by atoms with Crippen LogP contribution >= 0.6 is 24.0 Å². The second-order valence-corrected chi connectivity index (χ2v) is 8.29. The molecule has 0 aromatic heterocycles. The van der Waals surface area contributed by atoms with Crippen LogP contribution in [0.2, 0.25) is 0 Å². The normalized spacial score (nSPS) is 12.5. The van der Waals surface area contributed by atoms with Gasteiger partial charge in [-0.2, -0.15) is 0 Å². The molecule has 9 nitrogen and oxygen atoms in total. The Hall–Kier alpha value is -2.25. The van der Waals surface area contributed by atoms with Crippen molar-refractivity contribution in [1.29, 1.82) is 0 Å². The maximum atomic E-state index is 11.2. The third kappa shape index (κ3) is 9.50. The summed E-state index contributed by atoms with van der Waals surface area (Å²) in [5.74, 6) is 0.509. The Morgan fingerprint density at radius 2 is 1.73 bits per heavy atom. The molecule has 30 heavy (non-hydrogen) atoms. The molecule has 0 aliphatic rings. The number of guanidine groups is 1. The van der Waals surface area contributed by atoms with Crippen molar-refractivity contribution in [3.63, 3.8) is 0 Å². The van der Waals surface area contributed by atoms with Gasteiger partial charge >= 0.3 is 0 Å². The molecule has 1 unspecified atom stereocenters. The van der Waals surface area contributed by atoms with Crippen molar-refractivity contribution >= 4 is 45.6 Å². The molecule has 164 valence electrons. The topological polar surface area (TPSA) is 126 Å². The van der Waals surface area contributed by atoms with Crippen molar-refractivity contribution in [2.24, 2.45) is 4.99 Å². The van der Waals surface area contributed by atoms with Crippen LogP contribution < -0.4 is 15.4 Å². The van der Waals surface area contributed by atoms with Crippen LogP contribution in [0.15, 0.2) is 59.6 Å². The summed E-state index contributed by atoms with van der Waals surface area (Å²) < 4.78 is 24.8. The number of hydrogen-bond acceptors (Lipinski definition) is 5. The number of sulfonamides is 1. The molecule has 0 spiro atoms. The minimum atomic E-state index is -3.26. The van der Waals surface area contributed by atoms with Gasteiger partial charge in [0.05, 0.1) is 23.8 Å². The summed E-state index contributed by atoms with van der Waals surface area (Å²) in [6, 6.07) is 16.0. The standard InChI is InChI=1S/C19H25N5O4S.HI/c1-15(17-6-4-3-5-7-17)23-19(20-12-13-22-29(2,27)28)21-14-16-8-10-18(11-9-16)24(25)26;/h3-11,15,22H,12-14H2,1-2H3,(H2,20,21,23);1H. The lowest BCUT2D eigenvalue weighted by Gasteiger charge is -2.19. The summed E-state index contributed by atoms with van der Waals surface area (Å²) in [4.78, 5) is 14.8. The van der Waals surface area contributed by atoms with Crippen molar-refractivity contribution in [3.8, 4) is 0 Å². The molecule has 2 aromatic rings. The van der Waals surface area contributed by atoms with E-state index in [0.29, 0.717) is 19.0 Å². The fraction of sp³-hybridized carbons (Fsp3) is 0.316. The summed E-state index contributed by atoms with van der Waals surface area (Å²) >= 11 is 0. The van der Waals surface area contributed by atoms with Crippen LogP contribution in [0.4, 0.5) is 5.69 Å². The van der Waals surface area contributed by atoms with Gasteiger partial charge in [0.2, 0.25) is 10.0 Å². The first-order valence-corrected chi connectivity index (χ1v) is 10.9. The van der Waals surface area contributed by atoms with Gasteiger partial charge in [-0.3, -0.25) is 10.1 Å². The van der Waals surface area contributed by atoms with Crippen LogP contribution in [0, 0.1) is 10.1 Å². The van der Waals surface area contributed by atoms with Crippen molar-refractivity contribution in [2.75, 3.05) is 19.3 Å². The second kappa shape index (κ2) is 12.4. The average molecular weight is 547 g/mol. The zero-order valence-corrected chi connectivity index (χ0v) is 19.9. The molecule has 0 fully saturated rings. The van der Waals surface area contributed by atoms with Crippen LogP contribution in [0.1, 0.15) is 24.1 Å². The predicted molar refractivity (Wildman–Crippen MR) is 128 cm³/mol. The third-order valence-electron chi connectivity index (χ3n) is 4.00. The molecule has 0 radical (unpaired) electrons. The number of rotatable bonds is 9. The Kier molecular flexibility index (Phi) is 10.7. The lowest BCUT2D eigenvalue weighted by Crippen LogP contribution is -2.42. The number of nitro groups is 1. The lowest BCUT2D eigenvalue weighted by molar-refractivity contribution is -0.384. The van der Waals surface area contributed by atoms with Crippen LogP contribution in [0.3, 0.4) is 0 Å². The van der Waals surface area contributed by atoms with E-state index in [2.05, 4.69) is 20.3 Å². The molecule has 3 N–H and O–H groups in total. The van der Waals surface area contributed by atoms with Crippen LogP contribution in [0.25, 0.3) is 0 Å². The van der Waals surface area contributed by atoms with Crippen LogP contribution in [0.5, 0.6) is 0 Å². The van der Waals surface area contributed by atoms with E-state index in [-0.39, 0.29) is 42.3 Å². The first-order chi connectivity index (χ1) is 13.7. The van der Waals surface area contributed by atoms with Crippen molar-refractivity contribution in [2.45, 2.75) is 19.5 Å². The Balaban J connectivity index is 0.00000450. The molecular formula is C19H26IN5O4S. The summed E-state index contributed by atoms with van der Waals surface area (Å²) in [5.41, 5.74) is 1.92. The van der Waals surface area contributed by atoms with E-state index >= 15 is 0 Å². The smallest absolute Gasteiger partial charge is 0.269 e. The molecule has 0 heterocycles. The predicted octanol–water partition coefficient (Wildman–Crippen LogP) is 2.56. The average Bonchev–Trinajstić information content (AvgIpc) is 2.69. The Bertz CT molecular complexity index is 937. The molecule has 2 rings (SSSR count). The highest BCUT2D eigenvalue weighted by molar-refractivity contribution is 14.0. The number of nitrogens with zero attached hydrogens (tertiary/aromatic N) is 2. The molecule has 0 aliphatic heterocycles. The second-order valence-electron chi connectivity index (χ2n) is 6.46. The van der Waals surface area contributed by atoms with Gasteiger partial charge in [-0.05, 0) is 18.1 Å². The van der Waals surface area contributed by atoms with Gasteiger partial charge in [-0.1, -0.05) is 42.5 Å². The SMILES string of the molecule is CC(NC(=NCc1ccc([N+](=O)[O-])cc1)NCCNS(C)(=O)=O)c1ccccc1.I. The van der Waals surface area contributed by atoms with Gasteiger partial charge in [0, 0.05) is 25.2 Å². The fourth-order valence-corrected chi connectivity index (χ4v) is 2.97. The van der Waals surface area contributed by atoms with E-state index < -0.39 is 14.9 Å². The monoisotopic (exact) mass is 547 g/mol. The quantitative estimate of drug-likeness (QED) is 0.111. The summed E-state index contributed by atoms with van der Waals surface area (Å²) in [6.07, 6.45) is 1.10. The van der Waals surface area contributed by atoms with Gasteiger partial charge in [0.1, 0.15) is 0 Å². The largest absolute Gasteiger partial charge is 0.355 e. The van der Waals surface area contributed by atoms with E-state index in [4.69, 9.17) is 0 Å². The molecule has 0 saturated carbocycles. The zero-order valence-electron chi connectivity index (χ0n) is 16.7. The Labute approximate surface area is 193 Å². The fourth-order valence-electron chi connectivity index (χ4n) is 2.49. The number of nitro benzene ring substituents is 1. The zero-order chi connectivity index (χ0) is 21.3. The highest BCUT2D eigenvalue weighted by Gasteiger charge is 2.09. The summed E-state index contributed by atoms with van der Waals surface area (Å²) in [5, 5.41) is 17.1. The number of nitrogens with one attached hydrogen (secondary N) is 3. The number of non-ortho nitro benzene ring substituents is 1. The number of halogens is 1. The van der Waals surface area contributed by atoms with Crippen molar-refractivity contribution in [1.82, 2.24) is 15.4 Å². The Morgan fingerprint density at radius 1 is 1.10 bits per heavy atom. The first-order valence-electron chi connectivity index (χ1n) is 9.02. The van der Waals surface area contributed by atoms with Gasteiger partial charge in [0.25, 0.3) is 5.69 Å². The van der Waals surface area contributed by atoms with Crippen LogP contribution in [-0.2, 0) is 16.6 Å². The molecule has 0 saturated heterocycles. The minimum Gasteiger partial charge on any atom is -0.355 e. The third-order valence-corrected chi connectivity index (χ3v) is 4.73. The van der Waals surface area contributed by atoms with E-state index in [0.717, 1.165) is 17.4 Å². The number of hydrogen-bond donors (Lipinski definition) is 3. The maximum Gasteiger partial charge on any atom is 0.269 e. The van der Waals surface area contributed by atoms with Gasteiger partial charge < -0.3 is 10.6 Å². The maximum absolute atomic E-state index is 11.2. The van der Waals surface area contributed by atoms with E-state index in [1.165, 1.54) is 12.1 Å². The van der Waals surface area contributed by atoms with Crippen LogP contribution in [-0.4, -0.2) is 38.6 Å². The molecule has 0 bridgehead atoms. The molecule has 1 atom stereocenters. The lowest BCUT2D eigenvalue weighted by atomic mass is 10.1. The summed E-state index contributed by atoms with van der Waals surface area (Å²) in [6.45, 7) is 2.87. The van der Waals surface area contributed by atoms with Gasteiger partial charge in [0.15, 0.2) is 5.96 Å². The minimum absolute atomic E-state index is 0. The van der Waals surface area contributed by atoms with Gasteiger partial charge in [-0.25, -0.2) is 18.1 Å². The molecular weight excluding hydrogens is 521 g/mol. The molecule has 0 amide bonds. The number of aliphatic imine (C=N–C) groups is 1. The highest BCUT2D eigenvalue weighted by atomic mass is 127. The Morgan fingerprint density at radius 3 is 2.30 bits per heavy atom. The highest BCUT2D eigenvalue weighted by Crippen LogP contribution is 2.13. The molecule has 11 heteroatoms. The van der Waals surface area contributed by atoms with Crippen molar-refractivity contribution in [3.05, 3.63) is 75.8 Å². The first kappa shape index (κ1) is 25.8. The molecule has 0 aliphatic carbocycles. The number of benzene rings is 2. The van der Waals surface area contributed by atoms with Crippen molar-refractivity contribution < 1.29 is 13.3 Å². The van der Waals surface area contributed by atoms with Gasteiger partial charge in [-0.15, -0.1) is 24.0 Å². The van der Waals surface area contributed by atoms with E-state index in [9.17, 15) is 18.5 Å².